The second-order valence-corrected chi connectivity index (χ2v) is 7.03. The Balaban J connectivity index is 2.48. The smallest absolute Gasteiger partial charge is 0.425 e. The second-order valence-electron chi connectivity index (χ2n) is 6.63. The minimum atomic E-state index is -4.80. The third-order valence-corrected chi connectivity index (χ3v) is 4.66. The first-order chi connectivity index (χ1) is 14.8. The van der Waals surface area contributed by atoms with E-state index in [1.165, 1.54) is 24.1 Å². The fraction of sp³-hybridized carbons (Fsp3) is 0.300. The molecule has 6 nitrogen and oxygen atoms in total. The number of carbonyl (C=O) groups excluding carboxylic acids is 2. The van der Waals surface area contributed by atoms with Gasteiger partial charge in [-0.1, -0.05) is 17.7 Å². The summed E-state index contributed by atoms with van der Waals surface area (Å²) in [5, 5.41) is 4.09. The zero-order chi connectivity index (χ0) is 24.2. The molecule has 12 heteroatoms. The highest BCUT2D eigenvalue weighted by atomic mass is 35.5. The number of nitrogens with one attached hydrogen (secondary N) is 2. The highest BCUT2D eigenvalue weighted by Gasteiger charge is 2.39. The highest BCUT2D eigenvalue weighted by Crippen LogP contribution is 2.33. The maximum Gasteiger partial charge on any atom is 0.425 e. The predicted octanol–water partition coefficient (Wildman–Crippen LogP) is 5.68. The van der Waals surface area contributed by atoms with E-state index in [9.17, 15) is 31.5 Å². The van der Waals surface area contributed by atoms with Crippen LogP contribution in [0.2, 0.25) is 5.02 Å². The number of benzene rings is 2. The minimum absolute atomic E-state index is 0.184. The number of carbonyl (C=O) groups is 2. The molecule has 1 atom stereocenters. The summed E-state index contributed by atoms with van der Waals surface area (Å²) in [6.07, 6.45) is -7.18. The van der Waals surface area contributed by atoms with Crippen LogP contribution in [0.25, 0.3) is 0 Å². The highest BCUT2D eigenvalue weighted by molar-refractivity contribution is 6.34. The molecule has 0 unspecified atom stereocenters. The van der Waals surface area contributed by atoms with E-state index in [0.29, 0.717) is 13.0 Å². The van der Waals surface area contributed by atoms with Crippen molar-refractivity contribution in [2.75, 3.05) is 24.2 Å². The molecule has 0 bridgehead atoms. The summed E-state index contributed by atoms with van der Waals surface area (Å²) in [5.74, 6) is -3.90. The van der Waals surface area contributed by atoms with Crippen molar-refractivity contribution in [1.82, 2.24) is 4.90 Å². The Labute approximate surface area is 185 Å². The largest absolute Gasteiger partial charge is 0.480 e. The lowest BCUT2D eigenvalue weighted by Gasteiger charge is -2.21. The van der Waals surface area contributed by atoms with E-state index in [1.807, 2.05) is 0 Å². The number of rotatable bonds is 6. The number of urea groups is 1. The molecule has 174 valence electrons. The normalized spacial score (nSPS) is 12.2. The van der Waals surface area contributed by atoms with Gasteiger partial charge in [0.15, 0.2) is 6.10 Å². The molecule has 32 heavy (non-hydrogen) atoms. The number of nitrogens with zero attached hydrogens (tertiary/aromatic N) is 1. The molecule has 2 rings (SSSR count). The lowest BCUT2D eigenvalue weighted by Crippen LogP contribution is -2.33. The van der Waals surface area contributed by atoms with Gasteiger partial charge in [0.05, 0.1) is 22.0 Å². The van der Waals surface area contributed by atoms with Gasteiger partial charge in [-0.05, 0) is 32.0 Å². The van der Waals surface area contributed by atoms with Gasteiger partial charge in [0, 0.05) is 19.7 Å². The minimum Gasteiger partial charge on any atom is -0.480 e. The maximum atomic E-state index is 14.6. The first-order valence-corrected chi connectivity index (χ1v) is 9.57. The first-order valence-electron chi connectivity index (χ1n) is 9.19. The molecule has 0 aromatic heterocycles. The van der Waals surface area contributed by atoms with Crippen molar-refractivity contribution in [2.45, 2.75) is 26.1 Å². The van der Waals surface area contributed by atoms with Crippen LogP contribution in [0.3, 0.4) is 0 Å². The van der Waals surface area contributed by atoms with E-state index in [-0.39, 0.29) is 11.6 Å². The summed E-state index contributed by atoms with van der Waals surface area (Å²) in [6.45, 7) is 2.60. The molecule has 0 spiro atoms. The Bertz CT molecular complexity index is 996. The fourth-order valence-electron chi connectivity index (χ4n) is 2.33. The molecule has 0 saturated carbocycles. The number of ether oxygens (including phenoxy) is 1. The van der Waals surface area contributed by atoms with Gasteiger partial charge >= 0.3 is 12.2 Å². The predicted molar refractivity (Wildman–Crippen MR) is 109 cm³/mol. The van der Waals surface area contributed by atoms with Crippen LogP contribution in [-0.2, 0) is 0 Å². The molecule has 0 heterocycles. The van der Waals surface area contributed by atoms with Gasteiger partial charge in [0.2, 0.25) is 0 Å². The van der Waals surface area contributed by atoms with E-state index in [1.54, 1.807) is 6.92 Å². The summed E-state index contributed by atoms with van der Waals surface area (Å²) < 4.78 is 72.5. The van der Waals surface area contributed by atoms with Crippen LogP contribution >= 0.6 is 11.6 Å². The number of para-hydroxylation sites is 1. The van der Waals surface area contributed by atoms with Gasteiger partial charge in [0.1, 0.15) is 17.4 Å². The molecule has 0 fully saturated rings. The van der Waals surface area contributed by atoms with Crippen LogP contribution in [-0.4, -0.2) is 42.7 Å². The van der Waals surface area contributed by atoms with E-state index in [4.69, 9.17) is 16.3 Å². The van der Waals surface area contributed by atoms with Crippen molar-refractivity contribution >= 4 is 34.9 Å². The molecule has 0 radical (unpaired) electrons. The van der Waals surface area contributed by atoms with Gasteiger partial charge in [-0.3, -0.25) is 4.79 Å². The summed E-state index contributed by atoms with van der Waals surface area (Å²) in [5.41, 5.74) is -1.63. The van der Waals surface area contributed by atoms with Crippen LogP contribution in [0, 0.1) is 11.6 Å². The molecular formula is C20H19ClF5N3O3. The van der Waals surface area contributed by atoms with Gasteiger partial charge in [0.25, 0.3) is 5.91 Å². The second kappa shape index (κ2) is 10.0. The van der Waals surface area contributed by atoms with E-state index < -0.39 is 58.5 Å². The molecule has 0 aliphatic rings. The lowest BCUT2D eigenvalue weighted by atomic mass is 10.1. The van der Waals surface area contributed by atoms with Crippen LogP contribution in [0.15, 0.2) is 30.3 Å². The van der Waals surface area contributed by atoms with Crippen molar-refractivity contribution in [1.29, 1.82) is 0 Å². The molecule has 2 aromatic rings. The summed E-state index contributed by atoms with van der Waals surface area (Å²) >= 11 is 5.84. The molecule has 0 aliphatic heterocycles. The first kappa shape index (κ1) is 25.2. The Morgan fingerprint density at radius 2 is 1.81 bits per heavy atom. The average molecular weight is 480 g/mol. The zero-order valence-electron chi connectivity index (χ0n) is 17.1. The molecular weight excluding hydrogens is 461 g/mol. The summed E-state index contributed by atoms with van der Waals surface area (Å²) in [4.78, 5) is 25.8. The van der Waals surface area contributed by atoms with Crippen molar-refractivity contribution < 1.29 is 36.3 Å². The topological polar surface area (TPSA) is 70.7 Å². The molecule has 3 amide bonds. The van der Waals surface area contributed by atoms with Crippen molar-refractivity contribution in [3.05, 3.63) is 52.6 Å². The number of anilines is 2. The number of hydrogen-bond donors (Lipinski definition) is 2. The molecule has 2 aromatic carbocycles. The van der Waals surface area contributed by atoms with Crippen molar-refractivity contribution in [3.8, 4) is 5.75 Å². The quantitative estimate of drug-likeness (QED) is 0.523. The van der Waals surface area contributed by atoms with Crippen molar-refractivity contribution in [2.24, 2.45) is 0 Å². The lowest BCUT2D eigenvalue weighted by molar-refractivity contribution is -0.189. The summed E-state index contributed by atoms with van der Waals surface area (Å²) in [7, 11) is 1.41. The Kier molecular flexibility index (Phi) is 7.89. The Morgan fingerprint density at radius 1 is 1.16 bits per heavy atom. The van der Waals surface area contributed by atoms with Crippen LogP contribution < -0.4 is 15.4 Å². The molecule has 2 N–H and O–H groups in total. The van der Waals surface area contributed by atoms with Crippen molar-refractivity contribution in [3.63, 3.8) is 0 Å². The third-order valence-electron chi connectivity index (χ3n) is 4.34. The number of alkyl halides is 3. The van der Waals surface area contributed by atoms with E-state index >= 15 is 0 Å². The van der Waals surface area contributed by atoms with Crippen LogP contribution in [0.1, 0.15) is 24.2 Å². The standard InChI is InChI=1S/C20H19ClF5N3O3/c1-4-29(3)19(31)27-15-9-16(32-10(2)20(24,25)26)11(8-14(15)23)18(30)28-17-12(21)6-5-7-13(17)22/h5-10H,4H2,1-3H3,(H,27,31)(H,28,30)/t10-/m0/s1. The molecule has 0 saturated heterocycles. The monoisotopic (exact) mass is 479 g/mol. The Morgan fingerprint density at radius 3 is 2.38 bits per heavy atom. The SMILES string of the molecule is CCN(C)C(=O)Nc1cc(O[C@@H](C)C(F)(F)F)c(C(=O)Nc2c(F)cccc2Cl)cc1F. The Hall–Kier alpha value is -3.08. The van der Waals surface area contributed by atoms with Crippen LogP contribution in [0.4, 0.5) is 38.1 Å². The fourth-order valence-corrected chi connectivity index (χ4v) is 2.54. The average Bonchev–Trinajstić information content (AvgIpc) is 2.71. The third kappa shape index (κ3) is 6.00. The number of halogens is 6. The van der Waals surface area contributed by atoms with Gasteiger partial charge in [-0.25, -0.2) is 13.6 Å². The summed E-state index contributed by atoms with van der Waals surface area (Å²) in [6, 6.07) is 4.12. The zero-order valence-corrected chi connectivity index (χ0v) is 17.9. The maximum absolute atomic E-state index is 14.6. The molecule has 0 aliphatic carbocycles. The van der Waals surface area contributed by atoms with Crippen LogP contribution in [0.5, 0.6) is 5.75 Å². The van der Waals surface area contributed by atoms with Gasteiger partial charge < -0.3 is 20.3 Å². The number of amides is 3. The number of hydrogen-bond acceptors (Lipinski definition) is 3. The van der Waals surface area contributed by atoms with E-state index in [2.05, 4.69) is 10.6 Å². The van der Waals surface area contributed by atoms with Gasteiger partial charge in [-0.2, -0.15) is 13.2 Å². The van der Waals surface area contributed by atoms with E-state index in [0.717, 1.165) is 12.1 Å². The van der Waals surface area contributed by atoms with Gasteiger partial charge in [-0.15, -0.1) is 0 Å².